The molecule has 1 aliphatic heterocycles. The molecular weight excluding hydrogens is 196 g/mol. The molecule has 2 rings (SSSR count). The normalized spacial score (nSPS) is 27.9. The third-order valence-corrected chi connectivity index (χ3v) is 4.14. The van der Waals surface area contributed by atoms with E-state index in [1.54, 1.807) is 0 Å². The van der Waals surface area contributed by atoms with Gasteiger partial charge < -0.3 is 5.32 Å². The second-order valence-electron chi connectivity index (χ2n) is 6.48. The zero-order valence-electron chi connectivity index (χ0n) is 11.3. The van der Waals surface area contributed by atoms with Gasteiger partial charge in [0, 0.05) is 25.2 Å². The molecular formula is C14H28N2. The molecule has 16 heavy (non-hydrogen) atoms. The van der Waals surface area contributed by atoms with Crippen molar-refractivity contribution in [3.8, 4) is 0 Å². The average Bonchev–Trinajstić information content (AvgIpc) is 3.01. The fourth-order valence-corrected chi connectivity index (χ4v) is 2.90. The van der Waals surface area contributed by atoms with Crippen LogP contribution in [0.2, 0.25) is 0 Å². The van der Waals surface area contributed by atoms with Crippen molar-refractivity contribution in [2.24, 2.45) is 5.41 Å². The van der Waals surface area contributed by atoms with E-state index in [4.69, 9.17) is 0 Å². The molecule has 0 aromatic rings. The van der Waals surface area contributed by atoms with Crippen molar-refractivity contribution in [2.75, 3.05) is 19.6 Å². The number of rotatable bonds is 5. The molecule has 2 nitrogen and oxygen atoms in total. The summed E-state index contributed by atoms with van der Waals surface area (Å²) < 4.78 is 0. The smallest absolute Gasteiger partial charge is 0.0218 e. The van der Waals surface area contributed by atoms with Gasteiger partial charge in [-0.05, 0) is 44.1 Å². The minimum Gasteiger partial charge on any atom is -0.312 e. The van der Waals surface area contributed by atoms with E-state index >= 15 is 0 Å². The van der Waals surface area contributed by atoms with Crippen molar-refractivity contribution in [3.05, 3.63) is 0 Å². The predicted octanol–water partition coefficient (Wildman–Crippen LogP) is 2.64. The molecule has 2 aliphatic rings. The molecule has 1 saturated heterocycles. The molecule has 1 N–H and O–H groups in total. The minimum absolute atomic E-state index is 0.533. The second-order valence-corrected chi connectivity index (χ2v) is 6.48. The van der Waals surface area contributed by atoms with E-state index in [9.17, 15) is 0 Å². The molecule has 2 heteroatoms. The van der Waals surface area contributed by atoms with E-state index in [-0.39, 0.29) is 0 Å². The lowest BCUT2D eigenvalue weighted by Crippen LogP contribution is -2.49. The predicted molar refractivity (Wildman–Crippen MR) is 69.7 cm³/mol. The standard InChI is InChI=1S/C14H28N2/c1-4-13(10-15-12-6-7-12)16-9-5-8-14(2,3)11-16/h12-13,15H,4-11H2,1-3H3. The van der Waals surface area contributed by atoms with Crippen LogP contribution in [0.1, 0.15) is 52.9 Å². The van der Waals surface area contributed by atoms with E-state index in [1.165, 1.54) is 51.7 Å². The molecule has 1 heterocycles. The van der Waals surface area contributed by atoms with E-state index in [1.807, 2.05) is 0 Å². The highest BCUT2D eigenvalue weighted by Crippen LogP contribution is 2.30. The highest BCUT2D eigenvalue weighted by molar-refractivity contribution is 4.87. The average molecular weight is 224 g/mol. The Bertz CT molecular complexity index is 221. The molecule has 0 amide bonds. The number of hydrogen-bond acceptors (Lipinski definition) is 2. The summed E-state index contributed by atoms with van der Waals surface area (Å²) in [6, 6.07) is 1.62. The maximum absolute atomic E-state index is 3.69. The number of nitrogens with zero attached hydrogens (tertiary/aromatic N) is 1. The van der Waals surface area contributed by atoms with Crippen molar-refractivity contribution in [2.45, 2.75) is 65.0 Å². The zero-order valence-corrected chi connectivity index (χ0v) is 11.3. The third kappa shape index (κ3) is 3.46. The lowest BCUT2D eigenvalue weighted by atomic mass is 9.83. The summed E-state index contributed by atoms with van der Waals surface area (Å²) >= 11 is 0. The largest absolute Gasteiger partial charge is 0.312 e. The van der Waals surface area contributed by atoms with Crippen LogP contribution in [-0.4, -0.2) is 36.6 Å². The number of nitrogens with one attached hydrogen (secondary N) is 1. The minimum atomic E-state index is 0.533. The van der Waals surface area contributed by atoms with E-state index < -0.39 is 0 Å². The van der Waals surface area contributed by atoms with Gasteiger partial charge in [-0.1, -0.05) is 20.8 Å². The summed E-state index contributed by atoms with van der Waals surface area (Å²) in [5.74, 6) is 0. The maximum atomic E-state index is 3.69. The van der Waals surface area contributed by atoms with Gasteiger partial charge in [0.2, 0.25) is 0 Å². The van der Waals surface area contributed by atoms with Gasteiger partial charge in [-0.3, -0.25) is 4.90 Å². The molecule has 2 fully saturated rings. The van der Waals surface area contributed by atoms with E-state index in [0.29, 0.717) is 5.41 Å². The van der Waals surface area contributed by atoms with Crippen LogP contribution in [0.5, 0.6) is 0 Å². The quantitative estimate of drug-likeness (QED) is 0.772. The molecule has 0 aromatic carbocycles. The van der Waals surface area contributed by atoms with Gasteiger partial charge in [-0.15, -0.1) is 0 Å². The Morgan fingerprint density at radius 2 is 2.12 bits per heavy atom. The Morgan fingerprint density at radius 3 is 2.69 bits per heavy atom. The molecule has 0 bridgehead atoms. The van der Waals surface area contributed by atoms with Crippen LogP contribution in [0.4, 0.5) is 0 Å². The van der Waals surface area contributed by atoms with Crippen molar-refractivity contribution in [1.82, 2.24) is 10.2 Å². The number of hydrogen-bond donors (Lipinski definition) is 1. The summed E-state index contributed by atoms with van der Waals surface area (Å²) in [5, 5.41) is 3.69. The summed E-state index contributed by atoms with van der Waals surface area (Å²) in [4.78, 5) is 2.72. The molecule has 0 radical (unpaired) electrons. The summed E-state index contributed by atoms with van der Waals surface area (Å²) in [6.07, 6.45) is 6.88. The highest BCUT2D eigenvalue weighted by Gasteiger charge is 2.30. The molecule has 0 spiro atoms. The Hall–Kier alpha value is -0.0800. The van der Waals surface area contributed by atoms with E-state index in [0.717, 1.165) is 12.1 Å². The second kappa shape index (κ2) is 5.05. The van der Waals surface area contributed by atoms with Gasteiger partial charge in [0.1, 0.15) is 0 Å². The molecule has 94 valence electrons. The summed E-state index contributed by atoms with van der Waals surface area (Å²) in [6.45, 7) is 11.0. The molecule has 1 atom stereocenters. The van der Waals surface area contributed by atoms with Crippen LogP contribution >= 0.6 is 0 Å². The van der Waals surface area contributed by atoms with E-state index in [2.05, 4.69) is 31.0 Å². The van der Waals surface area contributed by atoms with Crippen LogP contribution in [0.15, 0.2) is 0 Å². The van der Waals surface area contributed by atoms with Crippen molar-refractivity contribution in [3.63, 3.8) is 0 Å². The Morgan fingerprint density at radius 1 is 1.38 bits per heavy atom. The Balaban J connectivity index is 1.81. The van der Waals surface area contributed by atoms with Crippen molar-refractivity contribution in [1.29, 1.82) is 0 Å². The fourth-order valence-electron chi connectivity index (χ4n) is 2.90. The van der Waals surface area contributed by atoms with Gasteiger partial charge in [-0.2, -0.15) is 0 Å². The van der Waals surface area contributed by atoms with Crippen LogP contribution < -0.4 is 5.32 Å². The van der Waals surface area contributed by atoms with Gasteiger partial charge >= 0.3 is 0 Å². The first-order valence-corrected chi connectivity index (χ1v) is 7.08. The monoisotopic (exact) mass is 224 g/mol. The number of likely N-dealkylation sites (tertiary alicyclic amines) is 1. The van der Waals surface area contributed by atoms with Crippen molar-refractivity contribution >= 4 is 0 Å². The first kappa shape index (κ1) is 12.4. The molecule has 1 saturated carbocycles. The molecule has 0 aromatic heterocycles. The Kier molecular flexibility index (Phi) is 3.91. The van der Waals surface area contributed by atoms with Gasteiger partial charge in [0.05, 0.1) is 0 Å². The van der Waals surface area contributed by atoms with Crippen LogP contribution in [0.3, 0.4) is 0 Å². The maximum Gasteiger partial charge on any atom is 0.0218 e. The van der Waals surface area contributed by atoms with Crippen LogP contribution in [0.25, 0.3) is 0 Å². The van der Waals surface area contributed by atoms with Gasteiger partial charge in [0.15, 0.2) is 0 Å². The van der Waals surface area contributed by atoms with Gasteiger partial charge in [-0.25, -0.2) is 0 Å². The highest BCUT2D eigenvalue weighted by atomic mass is 15.2. The number of piperidine rings is 1. The summed E-state index contributed by atoms with van der Waals surface area (Å²) in [7, 11) is 0. The van der Waals surface area contributed by atoms with Crippen LogP contribution in [0, 0.1) is 5.41 Å². The first-order chi connectivity index (χ1) is 7.61. The van der Waals surface area contributed by atoms with Gasteiger partial charge in [0.25, 0.3) is 0 Å². The first-order valence-electron chi connectivity index (χ1n) is 7.08. The zero-order chi connectivity index (χ0) is 11.6. The lowest BCUT2D eigenvalue weighted by Gasteiger charge is -2.42. The third-order valence-electron chi connectivity index (χ3n) is 4.14. The SMILES string of the molecule is CCC(CNC1CC1)N1CCCC(C)(C)C1. The summed E-state index contributed by atoms with van der Waals surface area (Å²) in [5.41, 5.74) is 0.533. The topological polar surface area (TPSA) is 15.3 Å². The van der Waals surface area contributed by atoms with Crippen LogP contribution in [-0.2, 0) is 0 Å². The molecule has 1 aliphatic carbocycles. The fraction of sp³-hybridized carbons (Fsp3) is 1.00. The lowest BCUT2D eigenvalue weighted by molar-refractivity contribution is 0.0755. The molecule has 1 unspecified atom stereocenters. The van der Waals surface area contributed by atoms with Crippen molar-refractivity contribution < 1.29 is 0 Å². The Labute approximate surface area is 101 Å².